The third-order valence-corrected chi connectivity index (χ3v) is 6.80. The van der Waals surface area contributed by atoms with Gasteiger partial charge in [-0.3, -0.25) is 9.59 Å². The molecule has 0 spiro atoms. The summed E-state index contributed by atoms with van der Waals surface area (Å²) in [6.45, 7) is 1.50. The number of rotatable bonds is 5. The smallest absolute Gasteiger partial charge is 0.306 e. The van der Waals surface area contributed by atoms with E-state index in [1.165, 1.54) is 6.07 Å². The number of halogens is 1. The summed E-state index contributed by atoms with van der Waals surface area (Å²) in [5.74, 6) is -1.24. The minimum atomic E-state index is -3.04. The highest BCUT2D eigenvalue weighted by Crippen LogP contribution is 2.22. The van der Waals surface area contributed by atoms with Crippen molar-refractivity contribution in [2.24, 2.45) is 5.92 Å². The van der Waals surface area contributed by atoms with Crippen LogP contribution >= 0.6 is 0 Å². The zero-order valence-corrected chi connectivity index (χ0v) is 15.8. The summed E-state index contributed by atoms with van der Waals surface area (Å²) in [5, 5.41) is 0. The van der Waals surface area contributed by atoms with Crippen molar-refractivity contribution in [1.82, 2.24) is 4.90 Å². The number of hydrogen-bond donors (Lipinski definition) is 0. The van der Waals surface area contributed by atoms with Crippen LogP contribution in [0.25, 0.3) is 0 Å². The van der Waals surface area contributed by atoms with Gasteiger partial charge in [0.15, 0.2) is 16.4 Å². The molecule has 0 saturated carbocycles. The van der Waals surface area contributed by atoms with Gasteiger partial charge in [0.25, 0.3) is 5.91 Å². The minimum absolute atomic E-state index is 0.00799. The van der Waals surface area contributed by atoms with E-state index in [9.17, 15) is 22.4 Å². The van der Waals surface area contributed by atoms with E-state index >= 15 is 0 Å². The molecular formula is C18H23FN2O5S. The lowest BCUT2D eigenvalue weighted by molar-refractivity contribution is -0.152. The number of para-hydroxylation sites is 1. The van der Waals surface area contributed by atoms with Crippen LogP contribution in [0.5, 0.6) is 0 Å². The first-order chi connectivity index (χ1) is 12.8. The van der Waals surface area contributed by atoms with Crippen LogP contribution in [-0.2, 0) is 24.2 Å². The second-order valence-electron chi connectivity index (χ2n) is 6.95. The highest BCUT2D eigenvalue weighted by molar-refractivity contribution is 7.91. The lowest BCUT2D eigenvalue weighted by Gasteiger charge is -2.36. The average Bonchev–Trinajstić information content (AvgIpc) is 2.98. The van der Waals surface area contributed by atoms with Gasteiger partial charge in [0.2, 0.25) is 0 Å². The van der Waals surface area contributed by atoms with Gasteiger partial charge in [-0.1, -0.05) is 12.1 Å². The molecule has 7 nitrogen and oxygen atoms in total. The number of sulfone groups is 1. The zero-order valence-electron chi connectivity index (χ0n) is 15.0. The van der Waals surface area contributed by atoms with Crippen LogP contribution < -0.4 is 4.90 Å². The van der Waals surface area contributed by atoms with Gasteiger partial charge in [-0.05, 0) is 24.5 Å². The summed E-state index contributed by atoms with van der Waals surface area (Å²) in [5.41, 5.74) is 0.516. The Bertz CT molecular complexity index is 806. The van der Waals surface area contributed by atoms with Crippen molar-refractivity contribution in [2.75, 3.05) is 49.2 Å². The van der Waals surface area contributed by atoms with Crippen molar-refractivity contribution < 1.29 is 27.1 Å². The van der Waals surface area contributed by atoms with Gasteiger partial charge >= 0.3 is 5.97 Å². The number of anilines is 1. The second-order valence-corrected chi connectivity index (χ2v) is 9.18. The van der Waals surface area contributed by atoms with E-state index in [-0.39, 0.29) is 42.2 Å². The van der Waals surface area contributed by atoms with Crippen molar-refractivity contribution in [1.29, 1.82) is 0 Å². The lowest BCUT2D eigenvalue weighted by atomic mass is 10.1. The highest BCUT2D eigenvalue weighted by Gasteiger charge is 2.30. The van der Waals surface area contributed by atoms with Gasteiger partial charge in [0, 0.05) is 32.6 Å². The molecule has 0 bridgehead atoms. The van der Waals surface area contributed by atoms with Crippen LogP contribution in [0, 0.1) is 11.7 Å². The first-order valence-corrected chi connectivity index (χ1v) is 10.8. The molecule has 0 unspecified atom stereocenters. The number of hydrogen-bond acceptors (Lipinski definition) is 6. The molecular weight excluding hydrogens is 375 g/mol. The molecule has 1 atom stereocenters. The number of carbonyl (C=O) groups excluding carboxylic acids is 2. The van der Waals surface area contributed by atoms with Crippen molar-refractivity contribution in [3.8, 4) is 0 Å². The van der Waals surface area contributed by atoms with Gasteiger partial charge < -0.3 is 14.5 Å². The molecule has 148 valence electrons. The van der Waals surface area contributed by atoms with Crippen molar-refractivity contribution in [3.63, 3.8) is 0 Å². The number of piperazine rings is 1. The van der Waals surface area contributed by atoms with E-state index in [4.69, 9.17) is 4.74 Å². The van der Waals surface area contributed by atoms with Crippen molar-refractivity contribution in [3.05, 3.63) is 30.1 Å². The van der Waals surface area contributed by atoms with Crippen LogP contribution in [0.1, 0.15) is 12.8 Å². The van der Waals surface area contributed by atoms with E-state index in [1.54, 1.807) is 23.1 Å². The molecule has 2 aliphatic heterocycles. The Kier molecular flexibility index (Phi) is 5.98. The summed E-state index contributed by atoms with van der Waals surface area (Å²) in [7, 11) is -3.04. The quantitative estimate of drug-likeness (QED) is 0.684. The predicted molar refractivity (Wildman–Crippen MR) is 97.5 cm³/mol. The molecule has 0 aliphatic carbocycles. The summed E-state index contributed by atoms with van der Waals surface area (Å²) >= 11 is 0. The summed E-state index contributed by atoms with van der Waals surface area (Å²) in [4.78, 5) is 27.5. The van der Waals surface area contributed by atoms with Gasteiger partial charge in [0.1, 0.15) is 5.82 Å². The summed E-state index contributed by atoms with van der Waals surface area (Å²) < 4.78 is 41.7. The fourth-order valence-corrected chi connectivity index (χ4v) is 5.33. The molecule has 2 fully saturated rings. The van der Waals surface area contributed by atoms with Gasteiger partial charge in [-0.25, -0.2) is 12.8 Å². The van der Waals surface area contributed by atoms with Gasteiger partial charge in [0.05, 0.1) is 17.2 Å². The largest absolute Gasteiger partial charge is 0.456 e. The molecule has 3 rings (SSSR count). The van der Waals surface area contributed by atoms with Crippen LogP contribution in [0.2, 0.25) is 0 Å². The normalized spacial score (nSPS) is 21.9. The minimum Gasteiger partial charge on any atom is -0.456 e. The van der Waals surface area contributed by atoms with Crippen LogP contribution in [0.15, 0.2) is 24.3 Å². The number of carbonyl (C=O) groups is 2. The molecule has 1 amide bonds. The third kappa shape index (κ3) is 5.18. The number of benzene rings is 1. The molecule has 0 aromatic heterocycles. The van der Waals surface area contributed by atoms with E-state index < -0.39 is 15.8 Å². The highest BCUT2D eigenvalue weighted by atomic mass is 32.2. The van der Waals surface area contributed by atoms with E-state index in [0.29, 0.717) is 38.3 Å². The maximum absolute atomic E-state index is 13.8. The molecule has 9 heteroatoms. The van der Waals surface area contributed by atoms with Crippen LogP contribution in [-0.4, -0.2) is 69.5 Å². The van der Waals surface area contributed by atoms with E-state index in [1.807, 2.05) is 4.90 Å². The molecule has 0 radical (unpaired) electrons. The second kappa shape index (κ2) is 8.24. The van der Waals surface area contributed by atoms with Crippen LogP contribution in [0.4, 0.5) is 10.1 Å². The molecule has 27 heavy (non-hydrogen) atoms. The SMILES string of the molecule is O=C(C[C@@H]1CCS(=O)(=O)C1)OCC(=O)N1CCN(c2ccccc2F)CC1. The molecule has 0 N–H and O–H groups in total. The van der Waals surface area contributed by atoms with Crippen molar-refractivity contribution in [2.45, 2.75) is 12.8 Å². The van der Waals surface area contributed by atoms with Crippen molar-refractivity contribution >= 4 is 27.4 Å². The number of ether oxygens (including phenoxy) is 1. The first-order valence-electron chi connectivity index (χ1n) is 8.97. The van der Waals surface area contributed by atoms with E-state index in [2.05, 4.69) is 0 Å². The Balaban J connectivity index is 1.41. The number of esters is 1. The lowest BCUT2D eigenvalue weighted by Crippen LogP contribution is -2.50. The topological polar surface area (TPSA) is 84.0 Å². The Hall–Kier alpha value is -2.16. The molecule has 1 aromatic rings. The molecule has 2 aliphatic rings. The maximum atomic E-state index is 13.8. The first kappa shape index (κ1) is 19.6. The predicted octanol–water partition coefficient (Wildman–Crippen LogP) is 0.842. The Labute approximate surface area is 158 Å². The number of amides is 1. The zero-order chi connectivity index (χ0) is 19.4. The summed E-state index contributed by atoms with van der Waals surface area (Å²) in [6.07, 6.45) is 0.483. The third-order valence-electron chi connectivity index (χ3n) is 4.96. The Morgan fingerprint density at radius 2 is 1.85 bits per heavy atom. The fraction of sp³-hybridized carbons (Fsp3) is 0.556. The maximum Gasteiger partial charge on any atom is 0.306 e. The summed E-state index contributed by atoms with van der Waals surface area (Å²) in [6, 6.07) is 6.51. The Morgan fingerprint density at radius 1 is 1.15 bits per heavy atom. The average molecular weight is 398 g/mol. The van der Waals surface area contributed by atoms with Gasteiger partial charge in [-0.15, -0.1) is 0 Å². The molecule has 2 heterocycles. The standard InChI is InChI=1S/C18H23FN2O5S/c19-15-3-1-2-4-16(15)20-6-8-21(9-7-20)17(22)12-26-18(23)11-14-5-10-27(24,25)13-14/h1-4,14H,5-13H2/t14-/m0/s1. The molecule has 1 aromatic carbocycles. The monoisotopic (exact) mass is 398 g/mol. The fourth-order valence-electron chi connectivity index (χ4n) is 3.47. The number of nitrogens with zero attached hydrogens (tertiary/aromatic N) is 2. The van der Waals surface area contributed by atoms with Gasteiger partial charge in [-0.2, -0.15) is 0 Å². The van der Waals surface area contributed by atoms with Crippen LogP contribution in [0.3, 0.4) is 0 Å². The molecule has 2 saturated heterocycles. The van der Waals surface area contributed by atoms with E-state index in [0.717, 1.165) is 0 Å². The Morgan fingerprint density at radius 3 is 2.48 bits per heavy atom.